The molecule has 2 aromatic rings. The molecule has 30 heavy (non-hydrogen) atoms. The van der Waals surface area contributed by atoms with Gasteiger partial charge < -0.3 is 15.0 Å². The van der Waals surface area contributed by atoms with Gasteiger partial charge in [0.2, 0.25) is 0 Å². The Labute approximate surface area is 180 Å². The number of hydrogen-bond acceptors (Lipinski definition) is 4. The highest BCUT2D eigenvalue weighted by Crippen LogP contribution is 2.28. The smallest absolute Gasteiger partial charge is 0.161 e. The van der Waals surface area contributed by atoms with E-state index in [1.165, 1.54) is 0 Å². The van der Waals surface area contributed by atoms with Gasteiger partial charge in [-0.15, -0.1) is 0 Å². The molecule has 1 atom stereocenters. The summed E-state index contributed by atoms with van der Waals surface area (Å²) >= 11 is 0. The first-order valence-electron chi connectivity index (χ1n) is 11.1. The molecule has 1 aromatic heterocycles. The molecule has 5 nitrogen and oxygen atoms in total. The van der Waals surface area contributed by atoms with Gasteiger partial charge in [-0.05, 0) is 68.4 Å². The van der Waals surface area contributed by atoms with Crippen LogP contribution >= 0.6 is 0 Å². The molecule has 0 amide bonds. The molecule has 1 aromatic carbocycles. The average Bonchev–Trinajstić information content (AvgIpc) is 3.13. The molecule has 0 aliphatic carbocycles. The Kier molecular flexibility index (Phi) is 7.62. The number of Topliss-reactive ketones (excluding diaryl/α,β-unsaturated/α-hetero) is 1. The van der Waals surface area contributed by atoms with E-state index >= 15 is 0 Å². The molecule has 5 heteroatoms. The predicted octanol–water partition coefficient (Wildman–Crippen LogP) is 4.89. The fourth-order valence-electron chi connectivity index (χ4n) is 4.05. The number of fused-ring (bicyclic) bond motifs is 1. The Hall–Kier alpha value is -2.24. The van der Waals surface area contributed by atoms with Gasteiger partial charge >= 0.3 is 0 Å². The molecule has 162 valence electrons. The molecule has 0 radical (unpaired) electrons. The Morgan fingerprint density at radius 3 is 2.73 bits per heavy atom. The van der Waals surface area contributed by atoms with Crippen LogP contribution in [0.5, 0.6) is 0 Å². The topological polar surface area (TPSA) is 70.1 Å². The summed E-state index contributed by atoms with van der Waals surface area (Å²) in [7, 11) is 0. The minimum atomic E-state index is 0.0347. The van der Waals surface area contributed by atoms with Crippen molar-refractivity contribution in [1.82, 2.24) is 9.55 Å². The maximum Gasteiger partial charge on any atom is 0.161 e. The average molecular weight is 410 g/mol. The van der Waals surface area contributed by atoms with Crippen LogP contribution in [0.25, 0.3) is 16.6 Å². The summed E-state index contributed by atoms with van der Waals surface area (Å²) < 4.78 is 7.87. The highest BCUT2D eigenvalue weighted by molar-refractivity contribution is 5.99. The van der Waals surface area contributed by atoms with Crippen LogP contribution in [-0.4, -0.2) is 28.5 Å². The van der Waals surface area contributed by atoms with Crippen LogP contribution in [0.4, 0.5) is 0 Å². The maximum atomic E-state index is 12.7. The van der Waals surface area contributed by atoms with Crippen molar-refractivity contribution in [1.29, 1.82) is 0 Å². The van der Waals surface area contributed by atoms with Gasteiger partial charge in [0.05, 0.1) is 11.0 Å². The first kappa shape index (κ1) is 22.4. The van der Waals surface area contributed by atoms with Crippen LogP contribution in [-0.2, 0) is 22.6 Å². The molecular weight excluding hydrogens is 374 g/mol. The van der Waals surface area contributed by atoms with E-state index in [4.69, 9.17) is 15.5 Å². The second-order valence-electron chi connectivity index (χ2n) is 8.37. The van der Waals surface area contributed by atoms with Gasteiger partial charge in [-0.3, -0.25) is 4.79 Å². The van der Waals surface area contributed by atoms with E-state index in [1.54, 1.807) is 0 Å². The number of benzene rings is 1. The molecule has 0 bridgehead atoms. The normalized spacial score (nSPS) is 17.5. The first-order valence-corrected chi connectivity index (χ1v) is 11.1. The van der Waals surface area contributed by atoms with Crippen molar-refractivity contribution in [2.24, 2.45) is 17.6 Å². The molecule has 2 heterocycles. The molecule has 1 aliphatic rings. The quantitative estimate of drug-likeness (QED) is 0.498. The van der Waals surface area contributed by atoms with Crippen molar-refractivity contribution in [2.75, 3.05) is 13.2 Å². The highest BCUT2D eigenvalue weighted by atomic mass is 16.5. The number of rotatable bonds is 8. The summed E-state index contributed by atoms with van der Waals surface area (Å²) in [6.07, 6.45) is 7.03. The van der Waals surface area contributed by atoms with E-state index in [2.05, 4.69) is 35.8 Å². The van der Waals surface area contributed by atoms with Crippen LogP contribution in [0.3, 0.4) is 0 Å². The van der Waals surface area contributed by atoms with Gasteiger partial charge in [0.25, 0.3) is 0 Å². The fourth-order valence-corrected chi connectivity index (χ4v) is 4.05. The molecular formula is C25H35N3O2. The number of ketones is 1. The lowest BCUT2D eigenvalue weighted by molar-refractivity contribution is -0.118. The number of aromatic nitrogens is 2. The summed E-state index contributed by atoms with van der Waals surface area (Å²) in [5.74, 6) is 1.72. The summed E-state index contributed by atoms with van der Waals surface area (Å²) in [5.41, 5.74) is 10.8. The molecule has 0 saturated carbocycles. The highest BCUT2D eigenvalue weighted by Gasteiger charge is 2.21. The van der Waals surface area contributed by atoms with Crippen LogP contribution in [0, 0.1) is 11.8 Å². The van der Waals surface area contributed by atoms with E-state index < -0.39 is 0 Å². The van der Waals surface area contributed by atoms with Gasteiger partial charge in [-0.2, -0.15) is 0 Å². The summed E-state index contributed by atoms with van der Waals surface area (Å²) in [6.45, 7) is 11.0. The number of imidazole rings is 1. The van der Waals surface area contributed by atoms with Gasteiger partial charge in [0.15, 0.2) is 5.78 Å². The van der Waals surface area contributed by atoms with Crippen LogP contribution in [0.1, 0.15) is 58.3 Å². The third kappa shape index (κ3) is 4.90. The van der Waals surface area contributed by atoms with Crippen molar-refractivity contribution in [3.63, 3.8) is 0 Å². The Morgan fingerprint density at radius 1 is 1.37 bits per heavy atom. The predicted molar refractivity (Wildman–Crippen MR) is 123 cm³/mol. The number of hydrogen-bond donors (Lipinski definition) is 1. The van der Waals surface area contributed by atoms with E-state index in [0.717, 1.165) is 72.6 Å². The van der Waals surface area contributed by atoms with Crippen LogP contribution < -0.4 is 5.73 Å². The number of carbonyl (C=O) groups excluding carboxylic acids is 1. The largest absolute Gasteiger partial charge is 0.381 e. The van der Waals surface area contributed by atoms with Crippen molar-refractivity contribution in [2.45, 2.75) is 60.0 Å². The molecule has 2 N–H and O–H groups in total. The first-order chi connectivity index (χ1) is 14.5. The van der Waals surface area contributed by atoms with Crippen molar-refractivity contribution in [3.8, 4) is 0 Å². The Bertz CT molecular complexity index is 949. The fraction of sp³-hybridized carbons (Fsp3) is 0.520. The Morgan fingerprint density at radius 2 is 2.10 bits per heavy atom. The zero-order valence-electron chi connectivity index (χ0n) is 18.8. The minimum absolute atomic E-state index is 0.0347. The monoisotopic (exact) mass is 409 g/mol. The van der Waals surface area contributed by atoms with Gasteiger partial charge in [-0.25, -0.2) is 4.98 Å². The summed E-state index contributed by atoms with van der Waals surface area (Å²) in [4.78, 5) is 17.7. The third-order valence-corrected chi connectivity index (χ3v) is 6.22. The molecule has 1 aliphatic heterocycles. The Balaban J connectivity index is 2.05. The van der Waals surface area contributed by atoms with Crippen molar-refractivity contribution < 1.29 is 9.53 Å². The van der Waals surface area contributed by atoms with E-state index in [0.29, 0.717) is 12.5 Å². The summed E-state index contributed by atoms with van der Waals surface area (Å²) in [6, 6.07) is 6.28. The lowest BCUT2D eigenvalue weighted by Crippen LogP contribution is -2.21. The van der Waals surface area contributed by atoms with Gasteiger partial charge in [0.1, 0.15) is 5.82 Å². The van der Waals surface area contributed by atoms with Crippen LogP contribution in [0.2, 0.25) is 0 Å². The zero-order valence-corrected chi connectivity index (χ0v) is 18.8. The molecule has 1 fully saturated rings. The van der Waals surface area contributed by atoms with Crippen LogP contribution in [0.15, 0.2) is 35.9 Å². The second kappa shape index (κ2) is 10.2. The lowest BCUT2D eigenvalue weighted by Gasteiger charge is -2.23. The number of nitrogens with two attached hydrogens (primary N) is 1. The number of allylic oxidation sites excluding steroid dienone is 4. The minimum Gasteiger partial charge on any atom is -0.381 e. The van der Waals surface area contributed by atoms with Gasteiger partial charge in [0, 0.05) is 37.8 Å². The number of ether oxygens (including phenoxy) is 1. The van der Waals surface area contributed by atoms with Crippen molar-refractivity contribution >= 4 is 22.4 Å². The number of carbonyl (C=O) groups is 1. The third-order valence-electron chi connectivity index (χ3n) is 6.22. The SMILES string of the molecule is C/C=C(\C=C(\C)C(=O)C(C)CC)c1nc2cc(CN)ccc2n1CC1CCOCC1. The summed E-state index contributed by atoms with van der Waals surface area (Å²) in [5, 5.41) is 0. The molecule has 3 rings (SSSR count). The molecule has 0 spiro atoms. The van der Waals surface area contributed by atoms with Gasteiger partial charge in [-0.1, -0.05) is 26.0 Å². The number of nitrogens with zero attached hydrogens (tertiary/aromatic N) is 2. The standard InChI is InChI=1S/C25H35N3O2/c1-5-17(3)24(29)18(4)13-21(6-2)25-27-22-14-20(15-26)7-8-23(22)28(25)16-19-9-11-30-12-10-19/h6-8,13-14,17,19H,5,9-12,15-16,26H2,1-4H3/b18-13-,21-6+. The van der Waals surface area contributed by atoms with E-state index in [9.17, 15) is 4.79 Å². The van der Waals surface area contributed by atoms with E-state index in [1.807, 2.05) is 26.8 Å². The molecule has 1 unspecified atom stereocenters. The second-order valence-corrected chi connectivity index (χ2v) is 8.37. The molecule has 1 saturated heterocycles. The zero-order chi connectivity index (χ0) is 21.7. The lowest BCUT2D eigenvalue weighted by atomic mass is 9.96. The van der Waals surface area contributed by atoms with E-state index in [-0.39, 0.29) is 11.7 Å². The maximum absolute atomic E-state index is 12.7. The van der Waals surface area contributed by atoms with Crippen molar-refractivity contribution in [3.05, 3.63) is 47.3 Å².